The van der Waals surface area contributed by atoms with E-state index in [1.165, 1.54) is 17.8 Å². The van der Waals surface area contributed by atoms with E-state index in [1.54, 1.807) is 0 Å². The van der Waals surface area contributed by atoms with Crippen molar-refractivity contribution in [3.63, 3.8) is 0 Å². The molecule has 0 unspecified atom stereocenters. The van der Waals surface area contributed by atoms with Crippen molar-refractivity contribution in [1.29, 1.82) is 0 Å². The van der Waals surface area contributed by atoms with Crippen molar-refractivity contribution < 1.29 is 9.18 Å². The van der Waals surface area contributed by atoms with Gasteiger partial charge in [-0.2, -0.15) is 0 Å². The first-order chi connectivity index (χ1) is 13.2. The van der Waals surface area contributed by atoms with E-state index in [0.717, 1.165) is 58.1 Å². The summed E-state index contributed by atoms with van der Waals surface area (Å²) < 4.78 is 14.0. The fourth-order valence-electron chi connectivity index (χ4n) is 4.47. The molecule has 142 valence electrons. The summed E-state index contributed by atoms with van der Waals surface area (Å²) in [5.74, 6) is -0.229. The van der Waals surface area contributed by atoms with E-state index in [-0.39, 0.29) is 17.5 Å². The van der Waals surface area contributed by atoms with Gasteiger partial charge in [0.15, 0.2) is 5.82 Å². The largest absolute Gasteiger partial charge is 0.334 e. The Labute approximate surface area is 160 Å². The lowest BCUT2D eigenvalue weighted by molar-refractivity contribution is 0.0580. The van der Waals surface area contributed by atoms with Gasteiger partial charge in [0.25, 0.3) is 5.91 Å². The van der Waals surface area contributed by atoms with Gasteiger partial charge in [0, 0.05) is 31.9 Å². The van der Waals surface area contributed by atoms with E-state index in [9.17, 15) is 9.18 Å². The molecule has 0 radical (unpaired) electrons. The molecule has 0 spiro atoms. The van der Waals surface area contributed by atoms with Crippen LogP contribution >= 0.6 is 0 Å². The van der Waals surface area contributed by atoms with E-state index in [4.69, 9.17) is 0 Å². The molecule has 0 N–H and O–H groups in total. The van der Waals surface area contributed by atoms with Gasteiger partial charge in [0.1, 0.15) is 0 Å². The Kier molecular flexibility index (Phi) is 5.48. The molecule has 5 heteroatoms. The molecule has 4 heterocycles. The second kappa shape index (κ2) is 8.17. The van der Waals surface area contributed by atoms with Gasteiger partial charge in [0.2, 0.25) is 0 Å². The van der Waals surface area contributed by atoms with Crippen molar-refractivity contribution >= 4 is 5.91 Å². The maximum atomic E-state index is 14.0. The van der Waals surface area contributed by atoms with Crippen LogP contribution in [0.25, 0.3) is 0 Å². The number of hydrogen-bond donors (Lipinski definition) is 0. The second-order valence-corrected chi connectivity index (χ2v) is 7.76. The number of piperidine rings is 1. The molecule has 0 saturated carbocycles. The molecule has 3 saturated heterocycles. The van der Waals surface area contributed by atoms with E-state index in [2.05, 4.69) is 34.1 Å². The van der Waals surface area contributed by atoms with Crippen LogP contribution in [-0.2, 0) is 6.42 Å². The lowest BCUT2D eigenvalue weighted by atomic mass is 9.94. The summed E-state index contributed by atoms with van der Waals surface area (Å²) >= 11 is 0. The molecule has 2 atom stereocenters. The van der Waals surface area contributed by atoms with E-state index < -0.39 is 5.82 Å². The number of benzene rings is 1. The summed E-state index contributed by atoms with van der Waals surface area (Å²) in [6.07, 6.45) is 6.98. The fourth-order valence-corrected chi connectivity index (χ4v) is 4.47. The van der Waals surface area contributed by atoms with Crippen LogP contribution in [-0.4, -0.2) is 52.9 Å². The number of rotatable bonds is 5. The third-order valence-electron chi connectivity index (χ3n) is 5.84. The van der Waals surface area contributed by atoms with Crippen LogP contribution in [0.5, 0.6) is 0 Å². The molecular formula is C22H26FN3O. The topological polar surface area (TPSA) is 36.4 Å². The van der Waals surface area contributed by atoms with Crippen LogP contribution in [0, 0.1) is 11.7 Å². The predicted octanol–water partition coefficient (Wildman–Crippen LogP) is 3.39. The molecule has 3 aliphatic heterocycles. The van der Waals surface area contributed by atoms with Crippen LogP contribution in [0.3, 0.4) is 0 Å². The van der Waals surface area contributed by atoms with Crippen molar-refractivity contribution in [3.05, 3.63) is 65.7 Å². The molecule has 27 heavy (non-hydrogen) atoms. The third kappa shape index (κ3) is 4.19. The number of nitrogens with zero attached hydrogens (tertiary/aromatic N) is 3. The maximum Gasteiger partial charge on any atom is 0.257 e. The van der Waals surface area contributed by atoms with Crippen LogP contribution in [0.1, 0.15) is 35.2 Å². The highest BCUT2D eigenvalue weighted by Crippen LogP contribution is 2.29. The summed E-state index contributed by atoms with van der Waals surface area (Å²) in [5.41, 5.74) is 1.52. The minimum atomic E-state index is -0.526. The Bertz CT molecular complexity index is 782. The molecule has 3 fully saturated rings. The molecule has 4 nitrogen and oxygen atoms in total. The molecule has 1 amide bonds. The standard InChI is InChI=1S/C22H26FN3O/c23-21-13-24-11-10-20(21)22(27)26-15-18-8-9-19(26)16-25(14-18)12-4-7-17-5-2-1-3-6-17/h1-3,5-6,10-11,13,18-19H,4,7-9,12,14-16H2/t18-,19+/m0/s1. The molecule has 3 aliphatic rings. The van der Waals surface area contributed by atoms with Gasteiger partial charge in [-0.25, -0.2) is 4.39 Å². The highest BCUT2D eigenvalue weighted by molar-refractivity contribution is 5.94. The summed E-state index contributed by atoms with van der Waals surface area (Å²) in [6, 6.07) is 12.2. The third-order valence-corrected chi connectivity index (χ3v) is 5.84. The van der Waals surface area contributed by atoms with Crippen molar-refractivity contribution in [2.45, 2.75) is 31.7 Å². The second-order valence-electron chi connectivity index (χ2n) is 7.76. The molecule has 0 aliphatic carbocycles. The number of pyridine rings is 1. The van der Waals surface area contributed by atoms with Crippen molar-refractivity contribution in [2.75, 3.05) is 26.2 Å². The van der Waals surface area contributed by atoms with Gasteiger partial charge >= 0.3 is 0 Å². The zero-order valence-corrected chi connectivity index (χ0v) is 15.6. The first-order valence-corrected chi connectivity index (χ1v) is 9.87. The quantitative estimate of drug-likeness (QED) is 0.813. The van der Waals surface area contributed by atoms with E-state index in [1.807, 2.05) is 11.0 Å². The SMILES string of the molecule is O=C(c1ccncc1F)N1C[C@H]2CC[C@@H]1CN(CCCc1ccccc1)C2. The summed E-state index contributed by atoms with van der Waals surface area (Å²) in [6.45, 7) is 3.71. The fraction of sp³-hybridized carbons (Fsp3) is 0.455. The molecule has 1 aromatic heterocycles. The molecular weight excluding hydrogens is 341 g/mol. The summed E-state index contributed by atoms with van der Waals surface area (Å²) in [4.78, 5) is 21.1. The Balaban J connectivity index is 1.38. The molecule has 2 bridgehead atoms. The number of halogens is 1. The van der Waals surface area contributed by atoms with Crippen molar-refractivity contribution in [2.24, 2.45) is 5.92 Å². The van der Waals surface area contributed by atoms with Crippen LogP contribution < -0.4 is 0 Å². The van der Waals surface area contributed by atoms with E-state index >= 15 is 0 Å². The summed E-state index contributed by atoms with van der Waals surface area (Å²) in [5, 5.41) is 0. The van der Waals surface area contributed by atoms with Gasteiger partial charge in [-0.05, 0) is 49.8 Å². The lowest BCUT2D eigenvalue weighted by Gasteiger charge is -2.36. The van der Waals surface area contributed by atoms with E-state index in [0.29, 0.717) is 5.92 Å². The number of aromatic nitrogens is 1. The number of hydrogen-bond acceptors (Lipinski definition) is 3. The smallest absolute Gasteiger partial charge is 0.257 e. The average molecular weight is 367 g/mol. The zero-order chi connectivity index (χ0) is 18.6. The minimum Gasteiger partial charge on any atom is -0.334 e. The predicted molar refractivity (Wildman–Crippen MR) is 103 cm³/mol. The number of carbonyl (C=O) groups is 1. The number of amides is 1. The lowest BCUT2D eigenvalue weighted by Crippen LogP contribution is -2.47. The maximum absolute atomic E-state index is 14.0. The van der Waals surface area contributed by atoms with Gasteiger partial charge < -0.3 is 9.80 Å². The van der Waals surface area contributed by atoms with Gasteiger partial charge in [-0.15, -0.1) is 0 Å². The minimum absolute atomic E-state index is 0.146. The molecule has 5 rings (SSSR count). The number of fused-ring (bicyclic) bond motifs is 4. The van der Waals surface area contributed by atoms with Crippen molar-refractivity contribution in [3.8, 4) is 0 Å². The average Bonchev–Trinajstić information content (AvgIpc) is 3.00. The number of aryl methyl sites for hydroxylation is 1. The van der Waals surface area contributed by atoms with Crippen LogP contribution in [0.2, 0.25) is 0 Å². The Morgan fingerprint density at radius 2 is 1.96 bits per heavy atom. The Hall–Kier alpha value is -2.27. The Morgan fingerprint density at radius 3 is 2.78 bits per heavy atom. The van der Waals surface area contributed by atoms with Crippen molar-refractivity contribution in [1.82, 2.24) is 14.8 Å². The molecule has 2 aromatic rings. The Morgan fingerprint density at radius 1 is 1.11 bits per heavy atom. The van der Waals surface area contributed by atoms with Crippen LogP contribution in [0.4, 0.5) is 4.39 Å². The first-order valence-electron chi connectivity index (χ1n) is 9.87. The summed E-state index contributed by atoms with van der Waals surface area (Å²) in [7, 11) is 0. The van der Waals surface area contributed by atoms with Crippen LogP contribution in [0.15, 0.2) is 48.8 Å². The van der Waals surface area contributed by atoms with Gasteiger partial charge in [0.05, 0.1) is 11.8 Å². The zero-order valence-electron chi connectivity index (χ0n) is 15.6. The van der Waals surface area contributed by atoms with Gasteiger partial charge in [-0.3, -0.25) is 9.78 Å². The highest BCUT2D eigenvalue weighted by atomic mass is 19.1. The number of carbonyl (C=O) groups excluding carboxylic acids is 1. The van der Waals surface area contributed by atoms with Gasteiger partial charge in [-0.1, -0.05) is 30.3 Å². The normalized spacial score (nSPS) is 22.6. The molecule has 1 aromatic carbocycles. The first kappa shape index (κ1) is 18.1. The monoisotopic (exact) mass is 367 g/mol. The highest BCUT2D eigenvalue weighted by Gasteiger charge is 2.37.